The molecule has 1 amide bonds. The van der Waals surface area contributed by atoms with Crippen molar-refractivity contribution in [2.24, 2.45) is 0 Å². The molecular weight excluding hydrogens is 324 g/mol. The molecule has 1 aliphatic heterocycles. The fraction of sp³-hybridized carbons (Fsp3) is 0.190. The number of nitrogens with zero attached hydrogens (tertiary/aromatic N) is 4. The number of carbonyl (C=O) groups is 1. The summed E-state index contributed by atoms with van der Waals surface area (Å²) in [4.78, 5) is 19.4. The molecule has 0 aliphatic carbocycles. The molecule has 2 heterocycles. The summed E-state index contributed by atoms with van der Waals surface area (Å²) in [5, 5.41) is 9.10. The lowest BCUT2D eigenvalue weighted by Gasteiger charge is -2.27. The molecule has 0 saturated heterocycles. The van der Waals surface area contributed by atoms with Crippen LogP contribution in [0, 0.1) is 18.3 Å². The minimum absolute atomic E-state index is 0.0334. The molecule has 0 N–H and O–H groups in total. The van der Waals surface area contributed by atoms with Gasteiger partial charge in [0.1, 0.15) is 0 Å². The number of rotatable bonds is 2. The predicted octanol–water partition coefficient (Wildman–Crippen LogP) is 3.78. The average Bonchev–Trinajstić information content (AvgIpc) is 3.12. The summed E-state index contributed by atoms with van der Waals surface area (Å²) in [6.45, 7) is 3.49. The van der Waals surface area contributed by atoms with Gasteiger partial charge in [0.05, 0.1) is 17.3 Å². The zero-order chi connectivity index (χ0) is 18.1. The number of fused-ring (bicyclic) bond motifs is 1. The van der Waals surface area contributed by atoms with E-state index in [-0.39, 0.29) is 5.91 Å². The van der Waals surface area contributed by atoms with Crippen molar-refractivity contribution in [1.82, 2.24) is 9.55 Å². The van der Waals surface area contributed by atoms with Crippen molar-refractivity contribution >= 4 is 11.9 Å². The van der Waals surface area contributed by atoms with Crippen LogP contribution in [0.3, 0.4) is 0 Å². The molecule has 2 aromatic carbocycles. The number of aryl methyl sites for hydroxylation is 2. The number of benzene rings is 2. The standard InChI is InChI=1S/C21H18N4O/c1-15-6-8-17(9-7-15)20(26)25-11-3-10-24-14-19(23-21(24)25)18-5-2-4-16(12-18)13-22/h2,4-9,12,14H,3,10-11H2,1H3. The summed E-state index contributed by atoms with van der Waals surface area (Å²) >= 11 is 0. The van der Waals surface area contributed by atoms with Crippen LogP contribution in [0.1, 0.15) is 27.9 Å². The van der Waals surface area contributed by atoms with E-state index in [1.54, 1.807) is 11.0 Å². The molecule has 128 valence electrons. The number of amides is 1. The molecule has 0 bridgehead atoms. The Hall–Kier alpha value is -3.39. The zero-order valence-electron chi connectivity index (χ0n) is 14.5. The van der Waals surface area contributed by atoms with Crippen LogP contribution >= 0.6 is 0 Å². The van der Waals surface area contributed by atoms with Gasteiger partial charge in [-0.2, -0.15) is 5.26 Å². The molecule has 0 saturated carbocycles. The van der Waals surface area contributed by atoms with Gasteiger partial charge < -0.3 is 4.57 Å². The Kier molecular flexibility index (Phi) is 4.02. The number of anilines is 1. The zero-order valence-corrected chi connectivity index (χ0v) is 14.5. The van der Waals surface area contributed by atoms with Crippen molar-refractivity contribution in [2.45, 2.75) is 19.9 Å². The van der Waals surface area contributed by atoms with Crippen molar-refractivity contribution in [1.29, 1.82) is 5.26 Å². The maximum atomic E-state index is 12.9. The van der Waals surface area contributed by atoms with Gasteiger partial charge in [-0.3, -0.25) is 9.69 Å². The van der Waals surface area contributed by atoms with Crippen molar-refractivity contribution in [3.63, 3.8) is 0 Å². The highest BCUT2D eigenvalue weighted by Crippen LogP contribution is 2.28. The van der Waals surface area contributed by atoms with Gasteiger partial charge in [-0.15, -0.1) is 0 Å². The molecule has 26 heavy (non-hydrogen) atoms. The third-order valence-electron chi connectivity index (χ3n) is 4.61. The van der Waals surface area contributed by atoms with E-state index in [9.17, 15) is 4.79 Å². The second-order valence-corrected chi connectivity index (χ2v) is 6.49. The first-order valence-corrected chi connectivity index (χ1v) is 8.62. The molecule has 4 rings (SSSR count). The summed E-state index contributed by atoms with van der Waals surface area (Å²) in [7, 11) is 0. The van der Waals surface area contributed by atoms with Crippen LogP contribution in [0.4, 0.5) is 5.95 Å². The van der Waals surface area contributed by atoms with Gasteiger partial charge >= 0.3 is 0 Å². The first-order chi connectivity index (χ1) is 12.7. The maximum absolute atomic E-state index is 12.9. The number of nitriles is 1. The van der Waals surface area contributed by atoms with E-state index in [0.717, 1.165) is 29.8 Å². The number of carbonyl (C=O) groups excluding carboxylic acids is 1. The molecule has 0 atom stereocenters. The second kappa shape index (κ2) is 6.49. The molecule has 5 heteroatoms. The van der Waals surface area contributed by atoms with Crippen LogP contribution in [0.15, 0.2) is 54.7 Å². The Morgan fingerprint density at radius 3 is 2.73 bits per heavy atom. The maximum Gasteiger partial charge on any atom is 0.260 e. The summed E-state index contributed by atoms with van der Waals surface area (Å²) < 4.78 is 2.02. The number of imidazole rings is 1. The molecule has 1 aromatic heterocycles. The van der Waals surface area contributed by atoms with E-state index in [2.05, 4.69) is 6.07 Å². The van der Waals surface area contributed by atoms with E-state index < -0.39 is 0 Å². The lowest BCUT2D eigenvalue weighted by Crippen LogP contribution is -2.37. The lowest BCUT2D eigenvalue weighted by molar-refractivity contribution is 0.0981. The SMILES string of the molecule is Cc1ccc(C(=O)N2CCCn3cc(-c4cccc(C#N)c4)nc32)cc1. The smallest absolute Gasteiger partial charge is 0.260 e. The van der Waals surface area contributed by atoms with Crippen LogP contribution < -0.4 is 4.90 Å². The summed E-state index contributed by atoms with van der Waals surface area (Å²) in [5.41, 5.74) is 4.05. The first kappa shape index (κ1) is 16.1. The van der Waals surface area contributed by atoms with Crippen LogP contribution in [0.25, 0.3) is 11.3 Å². The average molecular weight is 342 g/mol. The highest BCUT2D eigenvalue weighted by Gasteiger charge is 2.26. The predicted molar refractivity (Wildman–Crippen MR) is 99.9 cm³/mol. The van der Waals surface area contributed by atoms with E-state index in [1.165, 1.54) is 0 Å². The van der Waals surface area contributed by atoms with Crippen molar-refractivity contribution < 1.29 is 4.79 Å². The van der Waals surface area contributed by atoms with Crippen LogP contribution in [0.5, 0.6) is 0 Å². The van der Waals surface area contributed by atoms with E-state index in [0.29, 0.717) is 23.6 Å². The Balaban J connectivity index is 1.70. The van der Waals surface area contributed by atoms with Gasteiger partial charge in [-0.1, -0.05) is 29.8 Å². The third kappa shape index (κ3) is 2.86. The second-order valence-electron chi connectivity index (χ2n) is 6.49. The number of hydrogen-bond donors (Lipinski definition) is 0. The van der Waals surface area contributed by atoms with Crippen molar-refractivity contribution in [2.75, 3.05) is 11.4 Å². The van der Waals surface area contributed by atoms with Gasteiger partial charge in [-0.05, 0) is 37.6 Å². The molecule has 1 aliphatic rings. The van der Waals surface area contributed by atoms with Crippen LogP contribution in [-0.2, 0) is 6.54 Å². The molecule has 0 unspecified atom stereocenters. The normalized spacial score (nSPS) is 13.2. The molecular formula is C21H18N4O. The van der Waals surface area contributed by atoms with E-state index in [1.807, 2.05) is 60.2 Å². The Bertz CT molecular complexity index is 1010. The fourth-order valence-corrected chi connectivity index (χ4v) is 3.22. The first-order valence-electron chi connectivity index (χ1n) is 8.62. The Labute approximate surface area is 152 Å². The molecule has 3 aromatic rings. The quantitative estimate of drug-likeness (QED) is 0.712. The molecule has 0 fully saturated rings. The number of aromatic nitrogens is 2. The van der Waals surface area contributed by atoms with E-state index >= 15 is 0 Å². The summed E-state index contributed by atoms with van der Waals surface area (Å²) in [5.74, 6) is 0.632. The third-order valence-corrected chi connectivity index (χ3v) is 4.61. The van der Waals surface area contributed by atoms with Gasteiger partial charge in [0.25, 0.3) is 5.91 Å². The Morgan fingerprint density at radius 2 is 1.96 bits per heavy atom. The summed E-state index contributed by atoms with van der Waals surface area (Å²) in [6.07, 6.45) is 2.85. The lowest BCUT2D eigenvalue weighted by atomic mass is 10.1. The van der Waals surface area contributed by atoms with Gasteiger partial charge in [-0.25, -0.2) is 4.98 Å². The van der Waals surface area contributed by atoms with Crippen LogP contribution in [0.2, 0.25) is 0 Å². The van der Waals surface area contributed by atoms with Gasteiger partial charge in [0, 0.05) is 30.4 Å². The fourth-order valence-electron chi connectivity index (χ4n) is 3.22. The topological polar surface area (TPSA) is 61.9 Å². The highest BCUT2D eigenvalue weighted by molar-refractivity contribution is 6.05. The molecule has 0 spiro atoms. The molecule has 5 nitrogen and oxygen atoms in total. The monoisotopic (exact) mass is 342 g/mol. The Morgan fingerprint density at radius 1 is 1.15 bits per heavy atom. The molecule has 0 radical (unpaired) electrons. The largest absolute Gasteiger partial charge is 0.316 e. The summed E-state index contributed by atoms with van der Waals surface area (Å²) in [6, 6.07) is 17.1. The van der Waals surface area contributed by atoms with Gasteiger partial charge in [0.15, 0.2) is 0 Å². The van der Waals surface area contributed by atoms with Crippen molar-refractivity contribution in [3.8, 4) is 17.3 Å². The highest BCUT2D eigenvalue weighted by atomic mass is 16.2. The van der Waals surface area contributed by atoms with Crippen molar-refractivity contribution in [3.05, 3.63) is 71.4 Å². The van der Waals surface area contributed by atoms with Gasteiger partial charge in [0.2, 0.25) is 5.95 Å². The van der Waals surface area contributed by atoms with E-state index in [4.69, 9.17) is 10.2 Å². The van der Waals surface area contributed by atoms with Crippen LogP contribution in [-0.4, -0.2) is 22.0 Å². The minimum Gasteiger partial charge on any atom is -0.316 e. The minimum atomic E-state index is -0.0334. The number of hydrogen-bond acceptors (Lipinski definition) is 3.